The lowest BCUT2D eigenvalue weighted by Crippen LogP contribution is -2.65. The molecule has 0 aromatic carbocycles. The normalized spacial score (nSPS) is 12.0. The number of nitrogens with two attached hydrogens (primary N) is 1. The van der Waals surface area contributed by atoms with Gasteiger partial charge < -0.3 is 11.5 Å². The van der Waals surface area contributed by atoms with Crippen LogP contribution >= 0.6 is 0 Å². The van der Waals surface area contributed by atoms with E-state index in [1.165, 1.54) is 0 Å². The lowest BCUT2D eigenvalue weighted by atomic mass is 10.3. The van der Waals surface area contributed by atoms with Crippen molar-refractivity contribution in [1.82, 2.24) is 0 Å². The molecule has 0 aliphatic rings. The summed E-state index contributed by atoms with van der Waals surface area (Å²) in [5, 5.41) is 7.89. The van der Waals surface area contributed by atoms with Crippen molar-refractivity contribution in [2.24, 2.45) is 5.73 Å². The lowest BCUT2D eigenvalue weighted by Gasteiger charge is -1.85. The Morgan fingerprint density at radius 3 is 2.43 bits per heavy atom. The van der Waals surface area contributed by atoms with Crippen molar-refractivity contribution in [2.75, 3.05) is 0 Å². The lowest BCUT2D eigenvalue weighted by molar-refractivity contribution is -0.384. The van der Waals surface area contributed by atoms with E-state index in [0.29, 0.717) is 0 Å². The fraction of sp³-hybridized carbons (Fsp3) is 0.333. The molecular formula is C3H6N3O+. The van der Waals surface area contributed by atoms with E-state index in [9.17, 15) is 4.79 Å². The van der Waals surface area contributed by atoms with Gasteiger partial charge in [-0.15, -0.1) is 0 Å². The molecule has 0 aliphatic carbocycles. The van der Waals surface area contributed by atoms with Gasteiger partial charge in [-0.3, -0.25) is 4.79 Å². The number of nitrogens with zero attached hydrogens (tertiary/aromatic N) is 1. The van der Waals surface area contributed by atoms with E-state index in [1.54, 1.807) is 6.07 Å². The van der Waals surface area contributed by atoms with Crippen LogP contribution in [0.1, 0.15) is 0 Å². The zero-order valence-electron chi connectivity index (χ0n) is 3.72. The number of hydrogen-bond donors (Lipinski definition) is 2. The molecule has 0 rings (SSSR count). The van der Waals surface area contributed by atoms with E-state index < -0.39 is 11.9 Å². The minimum Gasteiger partial charge on any atom is -0.364 e. The summed E-state index contributed by atoms with van der Waals surface area (Å²) in [5.74, 6) is -0.678. The molecule has 0 spiro atoms. The van der Waals surface area contributed by atoms with Crippen LogP contribution in [0.4, 0.5) is 0 Å². The summed E-state index contributed by atoms with van der Waals surface area (Å²) in [7, 11) is 0. The monoisotopic (exact) mass is 100 g/mol. The third-order valence-corrected chi connectivity index (χ3v) is 0.499. The largest absolute Gasteiger partial charge is 0.364 e. The molecule has 4 heteroatoms. The van der Waals surface area contributed by atoms with Gasteiger partial charge in [0.15, 0.2) is 0 Å². The molecule has 0 aromatic heterocycles. The molecular weight excluding hydrogens is 94.1 g/mol. The summed E-state index contributed by atoms with van der Waals surface area (Å²) in [4.78, 5) is 9.87. The van der Waals surface area contributed by atoms with Gasteiger partial charge in [0.1, 0.15) is 6.07 Å². The number of rotatable bonds is 1. The average Bonchev–Trinajstić information content (AvgIpc) is 1.65. The Balaban J connectivity index is 3.63. The predicted molar refractivity (Wildman–Crippen MR) is 21.5 cm³/mol. The van der Waals surface area contributed by atoms with Crippen LogP contribution in [0.3, 0.4) is 0 Å². The summed E-state index contributed by atoms with van der Waals surface area (Å²) in [6.07, 6.45) is 0. The first-order chi connectivity index (χ1) is 3.18. The fourth-order valence-electron chi connectivity index (χ4n) is 0.0636. The van der Waals surface area contributed by atoms with Crippen molar-refractivity contribution in [3.05, 3.63) is 0 Å². The van der Waals surface area contributed by atoms with Crippen LogP contribution in [0, 0.1) is 11.3 Å². The number of nitriles is 1. The van der Waals surface area contributed by atoms with Crippen LogP contribution < -0.4 is 11.5 Å². The first-order valence-electron chi connectivity index (χ1n) is 1.70. The van der Waals surface area contributed by atoms with Gasteiger partial charge in [-0.1, -0.05) is 0 Å². The minimum absolute atomic E-state index is 0.678. The third-order valence-electron chi connectivity index (χ3n) is 0.499. The van der Waals surface area contributed by atoms with Crippen molar-refractivity contribution in [3.63, 3.8) is 0 Å². The van der Waals surface area contributed by atoms with Gasteiger partial charge in [-0.2, -0.15) is 5.26 Å². The molecule has 7 heavy (non-hydrogen) atoms. The van der Waals surface area contributed by atoms with Crippen molar-refractivity contribution in [2.45, 2.75) is 6.04 Å². The smallest absolute Gasteiger partial charge is 0.290 e. The van der Waals surface area contributed by atoms with Gasteiger partial charge in [-0.05, 0) is 0 Å². The number of primary amides is 1. The van der Waals surface area contributed by atoms with Crippen LogP contribution in [-0.4, -0.2) is 11.9 Å². The average molecular weight is 100 g/mol. The Hall–Kier alpha value is -1.08. The van der Waals surface area contributed by atoms with Crippen molar-refractivity contribution in [1.29, 1.82) is 5.26 Å². The topological polar surface area (TPSA) is 94.5 Å². The highest BCUT2D eigenvalue weighted by Gasteiger charge is 2.08. The van der Waals surface area contributed by atoms with E-state index in [4.69, 9.17) is 5.26 Å². The maximum absolute atomic E-state index is 9.87. The predicted octanol–water partition coefficient (Wildman–Crippen LogP) is -2.39. The number of quaternary nitrogens is 1. The maximum Gasteiger partial charge on any atom is 0.290 e. The molecule has 4 nitrogen and oxygen atoms in total. The second kappa shape index (κ2) is 2.16. The Morgan fingerprint density at radius 1 is 2.00 bits per heavy atom. The van der Waals surface area contributed by atoms with Crippen LogP contribution in [0.25, 0.3) is 0 Å². The minimum atomic E-state index is -0.903. The molecule has 0 radical (unpaired) electrons. The summed E-state index contributed by atoms with van der Waals surface area (Å²) >= 11 is 0. The highest BCUT2D eigenvalue weighted by atomic mass is 16.1. The Bertz CT molecular complexity index is 114. The Morgan fingerprint density at radius 2 is 2.43 bits per heavy atom. The molecule has 0 aliphatic heterocycles. The van der Waals surface area contributed by atoms with E-state index in [0.717, 1.165) is 0 Å². The molecule has 0 unspecified atom stereocenters. The van der Waals surface area contributed by atoms with Crippen molar-refractivity contribution in [3.8, 4) is 6.07 Å². The first kappa shape index (κ1) is 5.92. The molecule has 0 fully saturated rings. The number of carbonyl (C=O) groups excluding carboxylic acids is 1. The van der Waals surface area contributed by atoms with Crippen LogP contribution in [0.5, 0.6) is 0 Å². The highest BCUT2D eigenvalue weighted by Crippen LogP contribution is 1.61. The van der Waals surface area contributed by atoms with Crippen LogP contribution in [-0.2, 0) is 4.79 Å². The molecule has 0 bridgehead atoms. The Kier molecular flexibility index (Phi) is 1.82. The van der Waals surface area contributed by atoms with E-state index >= 15 is 0 Å². The van der Waals surface area contributed by atoms with E-state index in [2.05, 4.69) is 11.5 Å². The maximum atomic E-state index is 9.87. The van der Waals surface area contributed by atoms with Gasteiger partial charge >= 0.3 is 0 Å². The molecule has 1 amide bonds. The summed E-state index contributed by atoms with van der Waals surface area (Å²) in [6, 6.07) is 0.676. The zero-order chi connectivity index (χ0) is 5.86. The van der Waals surface area contributed by atoms with Gasteiger partial charge in [0, 0.05) is 0 Å². The van der Waals surface area contributed by atoms with Crippen LogP contribution in [0.15, 0.2) is 0 Å². The van der Waals surface area contributed by atoms with Crippen molar-refractivity contribution < 1.29 is 10.5 Å². The Labute approximate surface area is 40.7 Å². The molecule has 0 aromatic rings. The van der Waals surface area contributed by atoms with E-state index in [1.807, 2.05) is 0 Å². The number of carbonyl (C=O) groups is 1. The molecule has 0 saturated carbocycles. The summed E-state index contributed by atoms with van der Waals surface area (Å²) in [5.41, 5.74) is 7.74. The molecule has 38 valence electrons. The van der Waals surface area contributed by atoms with Crippen LogP contribution in [0.2, 0.25) is 0 Å². The van der Waals surface area contributed by atoms with Gasteiger partial charge in [0.2, 0.25) is 6.04 Å². The molecule has 0 heterocycles. The van der Waals surface area contributed by atoms with Gasteiger partial charge in [-0.25, -0.2) is 0 Å². The molecule has 0 saturated heterocycles. The quantitative estimate of drug-likeness (QED) is 0.384. The van der Waals surface area contributed by atoms with Gasteiger partial charge in [0.25, 0.3) is 5.91 Å². The standard InChI is InChI=1S/C3H5N3O/c4-1-2(5)3(6)7/h2H,5H2,(H2,6,7)/p+1/t2-/m0/s1. The summed E-state index contributed by atoms with van der Waals surface area (Å²) in [6.45, 7) is 0. The number of amides is 1. The highest BCUT2D eigenvalue weighted by molar-refractivity contribution is 5.80. The van der Waals surface area contributed by atoms with Gasteiger partial charge in [0.05, 0.1) is 0 Å². The fourth-order valence-corrected chi connectivity index (χ4v) is 0.0636. The molecule has 1 atom stereocenters. The third kappa shape index (κ3) is 1.73. The first-order valence-corrected chi connectivity index (χ1v) is 1.70. The zero-order valence-corrected chi connectivity index (χ0v) is 3.72. The SMILES string of the molecule is N#C[C@H]([NH3+])C(N)=O. The van der Waals surface area contributed by atoms with E-state index in [-0.39, 0.29) is 0 Å². The number of hydrogen-bond acceptors (Lipinski definition) is 2. The second-order valence-electron chi connectivity index (χ2n) is 1.08. The van der Waals surface area contributed by atoms with Crippen molar-refractivity contribution >= 4 is 5.91 Å². The second-order valence-corrected chi connectivity index (χ2v) is 1.08. The summed E-state index contributed by atoms with van der Waals surface area (Å²) < 4.78 is 0. The molecule has 5 N–H and O–H groups in total.